The molecule has 8 heteroatoms. The van der Waals surface area contributed by atoms with Crippen LogP contribution in [0.1, 0.15) is 18.5 Å². The van der Waals surface area contributed by atoms with E-state index in [9.17, 15) is 13.6 Å². The van der Waals surface area contributed by atoms with Gasteiger partial charge >= 0.3 is 12.6 Å². The maximum atomic E-state index is 12.2. The number of hydrogen-bond donors (Lipinski definition) is 1. The first kappa shape index (κ1) is 19.6. The molecule has 25 heavy (non-hydrogen) atoms. The minimum atomic E-state index is -2.83. The monoisotopic (exact) mass is 358 g/mol. The first-order valence-corrected chi connectivity index (χ1v) is 8.16. The second kappa shape index (κ2) is 9.07. The molecular weight excluding hydrogens is 334 g/mol. The topological polar surface area (TPSA) is 62.2 Å². The van der Waals surface area contributed by atoms with Crippen LogP contribution in [0.4, 0.5) is 8.78 Å². The Bertz CT molecular complexity index is 556. The normalized spacial score (nSPS) is 20.0. The van der Waals surface area contributed by atoms with Crippen molar-refractivity contribution in [1.82, 2.24) is 9.80 Å². The zero-order valence-corrected chi connectivity index (χ0v) is 14.4. The summed E-state index contributed by atoms with van der Waals surface area (Å²) in [5.41, 5.74) is 1.00. The SMILES string of the molecule is CC(c1ccc(OC(F)F)cc1)N1CCOC(CN(C)CC(=O)O)C1. The molecule has 0 spiro atoms. The number of carboxylic acid groups (broad SMARTS) is 1. The molecular formula is C17H24F2N2O4. The second-order valence-corrected chi connectivity index (χ2v) is 6.20. The highest BCUT2D eigenvalue weighted by Crippen LogP contribution is 2.25. The quantitative estimate of drug-likeness (QED) is 0.768. The fourth-order valence-corrected chi connectivity index (χ4v) is 2.99. The van der Waals surface area contributed by atoms with Gasteiger partial charge in [0.15, 0.2) is 0 Å². The Hall–Kier alpha value is -1.77. The lowest BCUT2D eigenvalue weighted by molar-refractivity contribution is -0.138. The number of alkyl halides is 2. The third-order valence-electron chi connectivity index (χ3n) is 4.23. The molecule has 1 N–H and O–H groups in total. The first-order chi connectivity index (χ1) is 11.8. The molecule has 0 amide bonds. The van der Waals surface area contributed by atoms with E-state index in [1.165, 1.54) is 12.1 Å². The summed E-state index contributed by atoms with van der Waals surface area (Å²) in [7, 11) is 1.75. The van der Waals surface area contributed by atoms with Gasteiger partial charge in [-0.3, -0.25) is 14.6 Å². The van der Waals surface area contributed by atoms with Gasteiger partial charge in [-0.25, -0.2) is 0 Å². The van der Waals surface area contributed by atoms with Crippen LogP contribution in [0.5, 0.6) is 5.75 Å². The van der Waals surface area contributed by atoms with Crippen molar-refractivity contribution in [2.45, 2.75) is 25.7 Å². The zero-order chi connectivity index (χ0) is 18.4. The van der Waals surface area contributed by atoms with E-state index in [0.717, 1.165) is 12.1 Å². The van der Waals surface area contributed by atoms with Gasteiger partial charge in [0.05, 0.1) is 19.3 Å². The lowest BCUT2D eigenvalue weighted by Gasteiger charge is -2.38. The maximum Gasteiger partial charge on any atom is 0.387 e. The van der Waals surface area contributed by atoms with E-state index in [0.29, 0.717) is 19.7 Å². The van der Waals surface area contributed by atoms with Crippen molar-refractivity contribution in [3.8, 4) is 5.75 Å². The van der Waals surface area contributed by atoms with E-state index in [1.807, 2.05) is 6.92 Å². The van der Waals surface area contributed by atoms with Crippen LogP contribution < -0.4 is 4.74 Å². The molecule has 2 rings (SSSR count). The molecule has 140 valence electrons. The second-order valence-electron chi connectivity index (χ2n) is 6.20. The van der Waals surface area contributed by atoms with Crippen LogP contribution in [0.25, 0.3) is 0 Å². The van der Waals surface area contributed by atoms with E-state index in [4.69, 9.17) is 9.84 Å². The number of ether oxygens (including phenoxy) is 2. The van der Waals surface area contributed by atoms with Crippen molar-refractivity contribution >= 4 is 5.97 Å². The highest BCUT2D eigenvalue weighted by atomic mass is 19.3. The summed E-state index contributed by atoms with van der Waals surface area (Å²) in [5, 5.41) is 8.83. The van der Waals surface area contributed by atoms with Gasteiger partial charge in [0.2, 0.25) is 0 Å². The molecule has 2 unspecified atom stereocenters. The van der Waals surface area contributed by atoms with Crippen LogP contribution in [0.3, 0.4) is 0 Å². The van der Waals surface area contributed by atoms with Gasteiger partial charge in [-0.05, 0) is 31.7 Å². The van der Waals surface area contributed by atoms with E-state index in [2.05, 4.69) is 9.64 Å². The van der Waals surface area contributed by atoms with E-state index < -0.39 is 12.6 Å². The Morgan fingerprint density at radius 2 is 2.12 bits per heavy atom. The van der Waals surface area contributed by atoms with Gasteiger partial charge < -0.3 is 14.6 Å². The molecule has 2 atom stereocenters. The maximum absolute atomic E-state index is 12.2. The van der Waals surface area contributed by atoms with Crippen LogP contribution in [0.15, 0.2) is 24.3 Å². The van der Waals surface area contributed by atoms with Gasteiger partial charge in [-0.2, -0.15) is 8.78 Å². The minimum Gasteiger partial charge on any atom is -0.480 e. The summed E-state index contributed by atoms with van der Waals surface area (Å²) in [6.45, 7) is 1.74. The molecule has 1 saturated heterocycles. The summed E-state index contributed by atoms with van der Waals surface area (Å²) in [4.78, 5) is 14.7. The number of benzene rings is 1. The predicted octanol–water partition coefficient (Wildman–Crippen LogP) is 2.07. The third-order valence-corrected chi connectivity index (χ3v) is 4.23. The number of aliphatic carboxylic acids is 1. The molecule has 0 aromatic heterocycles. The Morgan fingerprint density at radius 3 is 2.72 bits per heavy atom. The molecule has 0 aliphatic carbocycles. The van der Waals surface area contributed by atoms with Crippen molar-refractivity contribution in [2.24, 2.45) is 0 Å². The molecule has 0 radical (unpaired) electrons. The minimum absolute atomic E-state index is 0.0268. The van der Waals surface area contributed by atoms with Gasteiger partial charge in [-0.15, -0.1) is 0 Å². The average Bonchev–Trinajstić information content (AvgIpc) is 2.53. The van der Waals surface area contributed by atoms with Gasteiger partial charge in [0, 0.05) is 25.7 Å². The molecule has 6 nitrogen and oxygen atoms in total. The largest absolute Gasteiger partial charge is 0.480 e. The van der Waals surface area contributed by atoms with E-state index in [1.54, 1.807) is 24.1 Å². The molecule has 1 aromatic rings. The predicted molar refractivity (Wildman–Crippen MR) is 87.9 cm³/mol. The van der Waals surface area contributed by atoms with Crippen LogP contribution in [-0.2, 0) is 9.53 Å². The average molecular weight is 358 g/mol. The number of likely N-dealkylation sites (N-methyl/N-ethyl adjacent to an activating group) is 1. The number of nitrogens with zero attached hydrogens (tertiary/aromatic N) is 2. The lowest BCUT2D eigenvalue weighted by atomic mass is 10.1. The number of halogens is 2. The van der Waals surface area contributed by atoms with Crippen molar-refractivity contribution in [3.63, 3.8) is 0 Å². The molecule has 1 aliphatic heterocycles. The molecule has 1 aromatic carbocycles. The van der Waals surface area contributed by atoms with Crippen molar-refractivity contribution < 1.29 is 28.2 Å². The van der Waals surface area contributed by atoms with Crippen LogP contribution in [-0.4, -0.2) is 73.4 Å². The smallest absolute Gasteiger partial charge is 0.387 e. The number of carboxylic acids is 1. The lowest BCUT2D eigenvalue weighted by Crippen LogP contribution is -2.48. The Labute approximate surface area is 145 Å². The van der Waals surface area contributed by atoms with Crippen molar-refractivity contribution in [1.29, 1.82) is 0 Å². The highest BCUT2D eigenvalue weighted by molar-refractivity contribution is 5.69. The summed E-state index contributed by atoms with van der Waals surface area (Å²) < 4.78 is 34.5. The number of rotatable bonds is 8. The first-order valence-electron chi connectivity index (χ1n) is 8.16. The summed E-state index contributed by atoms with van der Waals surface area (Å²) in [6, 6.07) is 6.73. The van der Waals surface area contributed by atoms with Crippen molar-refractivity contribution in [3.05, 3.63) is 29.8 Å². The van der Waals surface area contributed by atoms with Gasteiger partial charge in [0.25, 0.3) is 0 Å². The Balaban J connectivity index is 1.92. The molecule has 1 heterocycles. The fraction of sp³-hybridized carbons (Fsp3) is 0.588. The standard InChI is InChI=1S/C17H24F2N2O4/c1-12(13-3-5-14(6-4-13)25-17(18)19)21-7-8-24-15(10-21)9-20(2)11-16(22)23/h3-6,12,15,17H,7-11H2,1-2H3,(H,22,23). The number of carbonyl (C=O) groups is 1. The molecule has 0 saturated carbocycles. The van der Waals surface area contributed by atoms with E-state index in [-0.39, 0.29) is 24.4 Å². The Kier molecular flexibility index (Phi) is 7.10. The zero-order valence-electron chi connectivity index (χ0n) is 14.4. The van der Waals surface area contributed by atoms with Crippen molar-refractivity contribution in [2.75, 3.05) is 39.8 Å². The van der Waals surface area contributed by atoms with E-state index >= 15 is 0 Å². The number of hydrogen-bond acceptors (Lipinski definition) is 5. The molecule has 1 aliphatic rings. The summed E-state index contributed by atoms with van der Waals surface area (Å²) in [5.74, 6) is -0.726. The number of morpholine rings is 1. The molecule has 1 fully saturated rings. The molecule has 0 bridgehead atoms. The summed E-state index contributed by atoms with van der Waals surface area (Å²) >= 11 is 0. The highest BCUT2D eigenvalue weighted by Gasteiger charge is 2.26. The van der Waals surface area contributed by atoms with Crippen LogP contribution in [0.2, 0.25) is 0 Å². The van der Waals surface area contributed by atoms with Crippen LogP contribution in [0, 0.1) is 0 Å². The Morgan fingerprint density at radius 1 is 1.44 bits per heavy atom. The third kappa shape index (κ3) is 6.22. The van der Waals surface area contributed by atoms with Crippen LogP contribution >= 0.6 is 0 Å². The van der Waals surface area contributed by atoms with Gasteiger partial charge in [0.1, 0.15) is 5.75 Å². The van der Waals surface area contributed by atoms with Gasteiger partial charge in [-0.1, -0.05) is 12.1 Å². The fourth-order valence-electron chi connectivity index (χ4n) is 2.99. The summed E-state index contributed by atoms with van der Waals surface area (Å²) in [6.07, 6.45) is -0.0676.